The van der Waals surface area contributed by atoms with Gasteiger partial charge in [-0.3, -0.25) is 4.79 Å². The first-order valence-corrected chi connectivity index (χ1v) is 7.55. The lowest BCUT2D eigenvalue weighted by Gasteiger charge is -2.13. The van der Waals surface area contributed by atoms with Crippen LogP contribution in [0.3, 0.4) is 0 Å². The monoisotopic (exact) mass is 336 g/mol. The van der Waals surface area contributed by atoms with E-state index in [0.717, 1.165) is 11.4 Å². The van der Waals surface area contributed by atoms with E-state index in [0.29, 0.717) is 23.9 Å². The molecule has 1 heterocycles. The summed E-state index contributed by atoms with van der Waals surface area (Å²) in [7, 11) is 0. The van der Waals surface area contributed by atoms with Gasteiger partial charge in [0.15, 0.2) is 0 Å². The number of nitrogens with one attached hydrogen (secondary N) is 2. The first kappa shape index (κ1) is 17.6. The maximum atomic E-state index is 11.7. The molecule has 4 nitrogen and oxygen atoms in total. The molecule has 20 heavy (non-hydrogen) atoms. The van der Waals surface area contributed by atoms with Gasteiger partial charge >= 0.3 is 0 Å². The van der Waals surface area contributed by atoms with Crippen LogP contribution in [-0.4, -0.2) is 42.5 Å². The summed E-state index contributed by atoms with van der Waals surface area (Å²) in [5.41, 5.74) is 0. The Hall–Kier alpha value is -0.460. The molecule has 2 atom stereocenters. The number of carbonyl (C=O) groups is 1. The molecule has 0 spiro atoms. The van der Waals surface area contributed by atoms with Crippen LogP contribution in [0.15, 0.2) is 29.2 Å². The molecule has 7 heteroatoms. The Kier molecular flexibility index (Phi) is 7.69. The van der Waals surface area contributed by atoms with Gasteiger partial charge in [-0.05, 0) is 24.3 Å². The number of hydrogen-bond acceptors (Lipinski definition) is 4. The summed E-state index contributed by atoms with van der Waals surface area (Å²) in [5, 5.41) is 16.2. The molecule has 1 aromatic rings. The normalized spacial score (nSPS) is 21.3. The number of hydrogen-bond donors (Lipinski definition) is 3. The molecular formula is C13H18Cl2N2O2S. The number of aliphatic hydroxyl groups excluding tert-OH is 1. The van der Waals surface area contributed by atoms with Crippen molar-refractivity contribution in [3.63, 3.8) is 0 Å². The molecule has 3 N–H and O–H groups in total. The van der Waals surface area contributed by atoms with Gasteiger partial charge in [-0.25, -0.2) is 0 Å². The van der Waals surface area contributed by atoms with Crippen molar-refractivity contribution in [1.82, 2.24) is 10.6 Å². The Morgan fingerprint density at radius 3 is 2.70 bits per heavy atom. The van der Waals surface area contributed by atoms with E-state index in [2.05, 4.69) is 10.6 Å². The van der Waals surface area contributed by atoms with E-state index in [-0.39, 0.29) is 30.3 Å². The number of halogens is 2. The van der Waals surface area contributed by atoms with E-state index < -0.39 is 0 Å². The Morgan fingerprint density at radius 2 is 2.10 bits per heavy atom. The molecule has 1 amide bonds. The van der Waals surface area contributed by atoms with Gasteiger partial charge in [-0.2, -0.15) is 0 Å². The van der Waals surface area contributed by atoms with Gasteiger partial charge in [0, 0.05) is 35.5 Å². The highest BCUT2D eigenvalue weighted by Crippen LogP contribution is 2.20. The lowest BCUT2D eigenvalue weighted by atomic mass is 10.1. The van der Waals surface area contributed by atoms with Crippen molar-refractivity contribution in [3.8, 4) is 0 Å². The molecule has 0 aliphatic carbocycles. The molecule has 0 radical (unpaired) electrons. The van der Waals surface area contributed by atoms with Gasteiger partial charge in [-0.1, -0.05) is 11.6 Å². The van der Waals surface area contributed by atoms with Crippen LogP contribution in [0.4, 0.5) is 0 Å². The van der Waals surface area contributed by atoms with Gasteiger partial charge in [-0.15, -0.1) is 24.2 Å². The lowest BCUT2D eigenvalue weighted by Crippen LogP contribution is -2.35. The van der Waals surface area contributed by atoms with Gasteiger partial charge in [0.25, 0.3) is 0 Å². The highest BCUT2D eigenvalue weighted by molar-refractivity contribution is 8.00. The Balaban J connectivity index is 0.00000200. The third kappa shape index (κ3) is 5.50. The van der Waals surface area contributed by atoms with Crippen LogP contribution >= 0.6 is 35.8 Å². The summed E-state index contributed by atoms with van der Waals surface area (Å²) in [6.07, 6.45) is -0.357. The molecule has 1 saturated heterocycles. The molecule has 1 fully saturated rings. The minimum Gasteiger partial charge on any atom is -0.391 e. The molecule has 0 bridgehead atoms. The second-order valence-electron chi connectivity index (χ2n) is 4.53. The number of β-amino-alcohol motifs (C(OH)–C–C–N with tert-alkyl or cyclic N) is 1. The fourth-order valence-corrected chi connectivity index (χ4v) is 2.76. The Morgan fingerprint density at radius 1 is 1.40 bits per heavy atom. The standard InChI is InChI=1S/C13H17ClN2O2S.ClH/c14-10-1-3-11(4-2-10)19-8-13(18)16-6-9-5-15-7-12(9)17;/h1-4,9,12,15,17H,5-8H2,(H,16,18);1H. The molecule has 1 aliphatic heterocycles. The average Bonchev–Trinajstić information content (AvgIpc) is 2.81. The Bertz CT molecular complexity index is 431. The van der Waals surface area contributed by atoms with Crippen LogP contribution in [-0.2, 0) is 4.79 Å². The first-order chi connectivity index (χ1) is 9.15. The van der Waals surface area contributed by atoms with Gasteiger partial charge in [0.2, 0.25) is 5.91 Å². The number of rotatable bonds is 5. The zero-order valence-electron chi connectivity index (χ0n) is 10.8. The number of thioether (sulfide) groups is 1. The molecule has 112 valence electrons. The molecule has 1 aromatic carbocycles. The highest BCUT2D eigenvalue weighted by Gasteiger charge is 2.24. The van der Waals surface area contributed by atoms with E-state index in [1.54, 1.807) is 0 Å². The minimum absolute atomic E-state index is 0. The number of aliphatic hydroxyl groups is 1. The van der Waals surface area contributed by atoms with Gasteiger partial charge in [0.05, 0.1) is 11.9 Å². The molecule has 0 saturated carbocycles. The number of amides is 1. The number of benzene rings is 1. The van der Waals surface area contributed by atoms with Crippen molar-refractivity contribution in [2.45, 2.75) is 11.0 Å². The predicted molar refractivity (Wildman–Crippen MR) is 84.8 cm³/mol. The fraction of sp³-hybridized carbons (Fsp3) is 0.462. The Labute approximate surface area is 134 Å². The average molecular weight is 337 g/mol. The summed E-state index contributed by atoms with van der Waals surface area (Å²) >= 11 is 7.26. The highest BCUT2D eigenvalue weighted by atomic mass is 35.5. The van der Waals surface area contributed by atoms with E-state index in [1.807, 2.05) is 24.3 Å². The molecule has 2 rings (SSSR count). The maximum Gasteiger partial charge on any atom is 0.230 e. The van der Waals surface area contributed by atoms with Crippen molar-refractivity contribution in [1.29, 1.82) is 0 Å². The maximum absolute atomic E-state index is 11.7. The van der Waals surface area contributed by atoms with E-state index in [9.17, 15) is 9.90 Å². The summed E-state index contributed by atoms with van der Waals surface area (Å²) in [4.78, 5) is 12.7. The van der Waals surface area contributed by atoms with Crippen LogP contribution in [0, 0.1) is 5.92 Å². The second kappa shape index (κ2) is 8.74. The van der Waals surface area contributed by atoms with Crippen molar-refractivity contribution < 1.29 is 9.90 Å². The van der Waals surface area contributed by atoms with Crippen molar-refractivity contribution >= 4 is 41.7 Å². The molecule has 1 aliphatic rings. The minimum atomic E-state index is -0.357. The summed E-state index contributed by atoms with van der Waals surface area (Å²) in [6, 6.07) is 7.40. The van der Waals surface area contributed by atoms with Crippen molar-refractivity contribution in [3.05, 3.63) is 29.3 Å². The van der Waals surface area contributed by atoms with Crippen LogP contribution in [0.5, 0.6) is 0 Å². The van der Waals surface area contributed by atoms with Gasteiger partial charge < -0.3 is 15.7 Å². The summed E-state index contributed by atoms with van der Waals surface area (Å²) < 4.78 is 0. The fourth-order valence-electron chi connectivity index (χ4n) is 1.90. The number of carbonyl (C=O) groups excluding carboxylic acids is 1. The third-order valence-electron chi connectivity index (χ3n) is 3.05. The van der Waals surface area contributed by atoms with Crippen LogP contribution in [0.2, 0.25) is 5.02 Å². The zero-order valence-corrected chi connectivity index (χ0v) is 13.2. The quantitative estimate of drug-likeness (QED) is 0.714. The van der Waals surface area contributed by atoms with Gasteiger partial charge in [0.1, 0.15) is 0 Å². The smallest absolute Gasteiger partial charge is 0.230 e. The lowest BCUT2D eigenvalue weighted by molar-refractivity contribution is -0.118. The van der Waals surface area contributed by atoms with E-state index >= 15 is 0 Å². The first-order valence-electron chi connectivity index (χ1n) is 6.19. The topological polar surface area (TPSA) is 61.4 Å². The van der Waals surface area contributed by atoms with E-state index in [4.69, 9.17) is 11.6 Å². The van der Waals surface area contributed by atoms with Crippen LogP contribution in [0.1, 0.15) is 0 Å². The predicted octanol–water partition coefficient (Wildman–Crippen LogP) is 1.55. The van der Waals surface area contributed by atoms with Crippen LogP contribution in [0.25, 0.3) is 0 Å². The molecular weight excluding hydrogens is 319 g/mol. The van der Waals surface area contributed by atoms with Crippen molar-refractivity contribution in [2.24, 2.45) is 5.92 Å². The van der Waals surface area contributed by atoms with Crippen LogP contribution < -0.4 is 10.6 Å². The largest absolute Gasteiger partial charge is 0.391 e. The third-order valence-corrected chi connectivity index (χ3v) is 4.31. The molecule has 0 aromatic heterocycles. The van der Waals surface area contributed by atoms with E-state index in [1.165, 1.54) is 11.8 Å². The summed E-state index contributed by atoms with van der Waals surface area (Å²) in [6.45, 7) is 1.89. The zero-order chi connectivity index (χ0) is 13.7. The van der Waals surface area contributed by atoms with Crippen molar-refractivity contribution in [2.75, 3.05) is 25.4 Å². The summed E-state index contributed by atoms with van der Waals surface area (Å²) in [5.74, 6) is 0.473. The second-order valence-corrected chi connectivity index (χ2v) is 6.02. The molecule has 2 unspecified atom stereocenters. The SMILES string of the molecule is Cl.O=C(CSc1ccc(Cl)cc1)NCC1CNCC1O.